The molecule has 176 valence electrons. The summed E-state index contributed by atoms with van der Waals surface area (Å²) in [6.07, 6.45) is 0.308. The molecule has 3 rings (SSSR count). The molecule has 8 heteroatoms. The fourth-order valence-corrected chi connectivity index (χ4v) is 3.23. The van der Waals surface area contributed by atoms with E-state index in [1.54, 1.807) is 7.11 Å². The summed E-state index contributed by atoms with van der Waals surface area (Å²) >= 11 is 5.38. The maximum atomic E-state index is 10.0. The van der Waals surface area contributed by atoms with Crippen molar-refractivity contribution in [3.63, 3.8) is 0 Å². The number of aliphatic hydroxyl groups is 1. The van der Waals surface area contributed by atoms with Gasteiger partial charge in [0.15, 0.2) is 5.11 Å². The molecular formula is C25H30ClN3O3S. The third-order valence-electron chi connectivity index (χ3n) is 4.72. The lowest BCUT2D eigenvalue weighted by Gasteiger charge is -2.13. The second-order valence-electron chi connectivity index (χ2n) is 7.24. The van der Waals surface area contributed by atoms with Crippen molar-refractivity contribution in [1.82, 2.24) is 5.32 Å². The molecule has 0 aliphatic rings. The van der Waals surface area contributed by atoms with Gasteiger partial charge in [-0.15, -0.1) is 12.4 Å². The van der Waals surface area contributed by atoms with E-state index in [0.29, 0.717) is 11.7 Å². The number of ether oxygens (including phenoxy) is 2. The Morgan fingerprint density at radius 1 is 0.879 bits per heavy atom. The van der Waals surface area contributed by atoms with E-state index < -0.39 is 6.10 Å². The fourth-order valence-electron chi connectivity index (χ4n) is 2.99. The van der Waals surface area contributed by atoms with Crippen LogP contribution in [-0.4, -0.2) is 43.1 Å². The monoisotopic (exact) mass is 487 g/mol. The molecule has 0 unspecified atom stereocenters. The fraction of sp³-hybridized carbons (Fsp3) is 0.240. The molecular weight excluding hydrogens is 458 g/mol. The molecule has 0 bridgehead atoms. The number of aliphatic hydroxyl groups excluding tert-OH is 1. The molecule has 0 saturated heterocycles. The summed E-state index contributed by atoms with van der Waals surface area (Å²) in [5.74, 6) is 1.56. The summed E-state index contributed by atoms with van der Waals surface area (Å²) in [4.78, 5) is 0. The minimum Gasteiger partial charge on any atom is -0.497 e. The van der Waals surface area contributed by atoms with Crippen molar-refractivity contribution in [3.05, 3.63) is 84.4 Å². The maximum absolute atomic E-state index is 10.0. The van der Waals surface area contributed by atoms with Crippen LogP contribution in [0, 0.1) is 0 Å². The lowest BCUT2D eigenvalue weighted by atomic mass is 10.1. The lowest BCUT2D eigenvalue weighted by molar-refractivity contribution is 0.106. The van der Waals surface area contributed by atoms with Crippen molar-refractivity contribution < 1.29 is 14.6 Å². The first-order valence-electron chi connectivity index (χ1n) is 10.5. The summed E-state index contributed by atoms with van der Waals surface area (Å²) in [6, 6.07) is 25.2. The van der Waals surface area contributed by atoms with Gasteiger partial charge in [-0.2, -0.15) is 0 Å². The van der Waals surface area contributed by atoms with Gasteiger partial charge in [0.05, 0.1) is 7.11 Å². The molecule has 6 nitrogen and oxygen atoms in total. The van der Waals surface area contributed by atoms with Gasteiger partial charge >= 0.3 is 0 Å². The number of halogens is 1. The Balaban J connectivity index is 0.00000385. The summed E-state index contributed by atoms with van der Waals surface area (Å²) in [5.41, 5.74) is 3.01. The van der Waals surface area contributed by atoms with Gasteiger partial charge in [0.25, 0.3) is 0 Å². The normalized spacial score (nSPS) is 11.1. The summed E-state index contributed by atoms with van der Waals surface area (Å²) < 4.78 is 10.7. The highest BCUT2D eigenvalue weighted by Crippen LogP contribution is 2.16. The van der Waals surface area contributed by atoms with Crippen LogP contribution >= 0.6 is 24.6 Å². The van der Waals surface area contributed by atoms with Crippen LogP contribution in [0.4, 0.5) is 11.4 Å². The van der Waals surface area contributed by atoms with Crippen LogP contribution in [0.3, 0.4) is 0 Å². The smallest absolute Gasteiger partial charge is 0.175 e. The Hall–Kier alpha value is -2.84. The van der Waals surface area contributed by atoms with Crippen LogP contribution in [0.25, 0.3) is 0 Å². The van der Waals surface area contributed by atoms with Crippen LogP contribution in [0.5, 0.6) is 11.5 Å². The van der Waals surface area contributed by atoms with Gasteiger partial charge in [0.1, 0.15) is 24.2 Å². The number of para-hydroxylation sites is 1. The molecule has 4 N–H and O–H groups in total. The van der Waals surface area contributed by atoms with Gasteiger partial charge < -0.3 is 30.5 Å². The van der Waals surface area contributed by atoms with E-state index in [-0.39, 0.29) is 19.0 Å². The van der Waals surface area contributed by atoms with E-state index >= 15 is 0 Å². The van der Waals surface area contributed by atoms with Crippen molar-refractivity contribution in [1.29, 1.82) is 0 Å². The van der Waals surface area contributed by atoms with Gasteiger partial charge in [-0.25, -0.2) is 0 Å². The highest BCUT2D eigenvalue weighted by atomic mass is 35.5. The predicted octanol–water partition coefficient (Wildman–Crippen LogP) is 4.50. The van der Waals surface area contributed by atoms with Crippen LogP contribution in [0.15, 0.2) is 78.9 Å². The van der Waals surface area contributed by atoms with Crippen LogP contribution in [-0.2, 0) is 6.42 Å². The zero-order chi connectivity index (χ0) is 22.6. The summed E-state index contributed by atoms with van der Waals surface area (Å²) in [5, 5.41) is 20.2. The first-order chi connectivity index (χ1) is 15.6. The third-order valence-corrected chi connectivity index (χ3v) is 4.92. The highest BCUT2D eigenvalue weighted by molar-refractivity contribution is 7.80. The number of anilines is 2. The average molecular weight is 488 g/mol. The summed E-state index contributed by atoms with van der Waals surface area (Å²) in [6.45, 7) is 1.52. The zero-order valence-electron chi connectivity index (χ0n) is 18.5. The van der Waals surface area contributed by atoms with E-state index in [1.807, 2.05) is 66.7 Å². The Morgan fingerprint density at radius 2 is 1.48 bits per heavy atom. The SMILES string of the molecule is COc1ccc(NC(=S)Nc2ccc(CCNC[C@H](O)COc3ccccc3)cc2)cc1.Cl. The number of thiocarbonyl (C=S) groups is 1. The minimum absolute atomic E-state index is 0. The predicted molar refractivity (Wildman–Crippen MR) is 141 cm³/mol. The molecule has 0 saturated carbocycles. The molecule has 0 aliphatic heterocycles. The molecule has 0 heterocycles. The van der Waals surface area contributed by atoms with E-state index in [0.717, 1.165) is 35.8 Å². The topological polar surface area (TPSA) is 74.8 Å². The largest absolute Gasteiger partial charge is 0.497 e. The molecule has 0 radical (unpaired) electrons. The Labute approximate surface area is 206 Å². The zero-order valence-corrected chi connectivity index (χ0v) is 20.1. The van der Waals surface area contributed by atoms with Crippen molar-refractivity contribution in [2.75, 3.05) is 37.4 Å². The Kier molecular flexibility index (Phi) is 11.5. The van der Waals surface area contributed by atoms with E-state index in [2.05, 4.69) is 28.1 Å². The highest BCUT2D eigenvalue weighted by Gasteiger charge is 2.05. The van der Waals surface area contributed by atoms with E-state index in [1.165, 1.54) is 5.56 Å². The van der Waals surface area contributed by atoms with Crippen molar-refractivity contribution in [2.24, 2.45) is 0 Å². The second-order valence-corrected chi connectivity index (χ2v) is 7.64. The van der Waals surface area contributed by atoms with Gasteiger partial charge in [0, 0.05) is 17.9 Å². The quantitative estimate of drug-likeness (QED) is 0.234. The molecule has 0 aromatic heterocycles. The number of hydrogen-bond acceptors (Lipinski definition) is 5. The third kappa shape index (κ3) is 9.67. The van der Waals surface area contributed by atoms with Crippen molar-refractivity contribution in [2.45, 2.75) is 12.5 Å². The molecule has 1 atom stereocenters. The van der Waals surface area contributed by atoms with Gasteiger partial charge in [-0.3, -0.25) is 0 Å². The first-order valence-corrected chi connectivity index (χ1v) is 10.9. The van der Waals surface area contributed by atoms with Gasteiger partial charge in [-0.05, 0) is 79.3 Å². The first kappa shape index (κ1) is 26.4. The van der Waals surface area contributed by atoms with Crippen molar-refractivity contribution >= 4 is 41.1 Å². The molecule has 0 spiro atoms. The van der Waals surface area contributed by atoms with Gasteiger partial charge in [-0.1, -0.05) is 30.3 Å². The average Bonchev–Trinajstić information content (AvgIpc) is 2.82. The molecule has 3 aromatic rings. The number of methoxy groups -OCH3 is 1. The van der Waals surface area contributed by atoms with Crippen molar-refractivity contribution in [3.8, 4) is 11.5 Å². The molecule has 3 aromatic carbocycles. The number of benzene rings is 3. The Bertz CT molecular complexity index is 957. The van der Waals surface area contributed by atoms with Gasteiger partial charge in [0.2, 0.25) is 0 Å². The number of hydrogen-bond donors (Lipinski definition) is 4. The number of rotatable bonds is 11. The number of nitrogens with one attached hydrogen (secondary N) is 3. The van der Waals surface area contributed by atoms with Crippen LogP contribution < -0.4 is 25.4 Å². The lowest BCUT2D eigenvalue weighted by Crippen LogP contribution is -2.32. The minimum atomic E-state index is -0.555. The maximum Gasteiger partial charge on any atom is 0.175 e. The molecule has 33 heavy (non-hydrogen) atoms. The molecule has 0 aliphatic carbocycles. The molecule has 0 fully saturated rings. The van der Waals surface area contributed by atoms with E-state index in [4.69, 9.17) is 21.7 Å². The van der Waals surface area contributed by atoms with E-state index in [9.17, 15) is 5.11 Å². The Morgan fingerprint density at radius 3 is 2.09 bits per heavy atom. The second kappa shape index (κ2) is 14.3. The van der Waals surface area contributed by atoms with Crippen LogP contribution in [0.1, 0.15) is 5.56 Å². The summed E-state index contributed by atoms with van der Waals surface area (Å²) in [7, 11) is 1.64. The standard InChI is InChI=1S/C25H29N3O3S.ClH/c1-30-23-13-11-21(12-14-23)28-25(32)27-20-9-7-19(8-10-20)15-16-26-17-22(29)18-31-24-5-3-2-4-6-24;/h2-14,22,26,29H,15-18H2,1H3,(H2,27,28,32);1H/t22-;/m0./s1. The van der Waals surface area contributed by atoms with Crippen LogP contribution in [0.2, 0.25) is 0 Å². The molecule has 0 amide bonds.